The summed E-state index contributed by atoms with van der Waals surface area (Å²) in [5.41, 5.74) is -0.457. The molecule has 0 aromatic carbocycles. The van der Waals surface area contributed by atoms with E-state index in [4.69, 9.17) is 0 Å². The molecule has 0 aromatic rings. The third kappa shape index (κ3) is 6.07. The molecule has 4 aliphatic rings. The van der Waals surface area contributed by atoms with E-state index in [1.54, 1.807) is 0 Å². The summed E-state index contributed by atoms with van der Waals surface area (Å²) in [6.45, 7) is 11.9. The summed E-state index contributed by atoms with van der Waals surface area (Å²) in [5.74, 6) is 1.68. The van der Waals surface area contributed by atoms with E-state index in [2.05, 4.69) is 35.1 Å². The van der Waals surface area contributed by atoms with Crippen molar-refractivity contribution >= 4 is 17.7 Å². The lowest BCUT2D eigenvalue weighted by Gasteiger charge is -2.50. The van der Waals surface area contributed by atoms with Gasteiger partial charge in [-0.2, -0.15) is 0 Å². The summed E-state index contributed by atoms with van der Waals surface area (Å²) in [7, 11) is 2.00. The second-order valence-electron chi connectivity index (χ2n) is 13.3. The van der Waals surface area contributed by atoms with Crippen LogP contribution in [0.1, 0.15) is 79.6 Å². The molecule has 204 valence electrons. The number of fused-ring (bicyclic) bond motifs is 1. The molecule has 9 unspecified atom stereocenters. The third-order valence-corrected chi connectivity index (χ3v) is 9.47. The lowest BCUT2D eigenvalue weighted by atomic mass is 9.65. The quantitative estimate of drug-likeness (QED) is 0.471. The Labute approximate surface area is 217 Å². The maximum Gasteiger partial charge on any atom is 0.226 e. The maximum atomic E-state index is 13.5. The van der Waals surface area contributed by atoms with Crippen molar-refractivity contribution in [2.45, 2.75) is 104 Å². The largest absolute Gasteiger partial charge is 0.353 e. The van der Waals surface area contributed by atoms with E-state index >= 15 is 0 Å². The van der Waals surface area contributed by atoms with Crippen molar-refractivity contribution in [2.75, 3.05) is 20.1 Å². The third-order valence-electron chi connectivity index (χ3n) is 9.47. The SMILES string of the molecule is CC1CC2C(CN1)CC(C1CC(NC(=O)C3CCNC(NC(=O)C(C)(C)C)C3)CCC1C)C(=O)N2C. The molecule has 0 spiro atoms. The van der Waals surface area contributed by atoms with E-state index in [1.807, 2.05) is 32.7 Å². The van der Waals surface area contributed by atoms with Gasteiger partial charge in [0.2, 0.25) is 17.7 Å². The standard InChI is InChI=1S/C28H49N5O3/c1-16-7-8-20(31-25(34)18-9-10-29-24(13-18)32-27(36)28(3,4)5)14-21(16)22-12-19-15-30-17(2)11-23(19)33(6)26(22)35/h16-24,29-30H,7-15H2,1-6H3,(H,31,34)(H,32,36). The predicted molar refractivity (Wildman–Crippen MR) is 141 cm³/mol. The highest BCUT2D eigenvalue weighted by Gasteiger charge is 2.47. The van der Waals surface area contributed by atoms with E-state index in [1.165, 1.54) is 0 Å². The highest BCUT2D eigenvalue weighted by Crippen LogP contribution is 2.43. The number of hydrogen-bond donors (Lipinski definition) is 4. The number of nitrogens with zero attached hydrogens (tertiary/aromatic N) is 1. The van der Waals surface area contributed by atoms with Crippen LogP contribution in [0.5, 0.6) is 0 Å². The average Bonchev–Trinajstić information content (AvgIpc) is 2.82. The molecular formula is C28H49N5O3. The fourth-order valence-electron chi connectivity index (χ4n) is 7.06. The average molecular weight is 504 g/mol. The van der Waals surface area contributed by atoms with Gasteiger partial charge < -0.3 is 20.9 Å². The molecule has 1 aliphatic carbocycles. The van der Waals surface area contributed by atoms with Gasteiger partial charge in [0.1, 0.15) is 0 Å². The van der Waals surface area contributed by atoms with Crippen LogP contribution in [0.15, 0.2) is 0 Å². The number of carbonyl (C=O) groups excluding carboxylic acids is 3. The van der Waals surface area contributed by atoms with Crippen molar-refractivity contribution in [3.05, 3.63) is 0 Å². The molecule has 3 aliphatic heterocycles. The van der Waals surface area contributed by atoms with Gasteiger partial charge in [-0.3, -0.25) is 19.7 Å². The Kier molecular flexibility index (Phi) is 8.35. The van der Waals surface area contributed by atoms with Crippen molar-refractivity contribution < 1.29 is 14.4 Å². The Hall–Kier alpha value is -1.67. The molecule has 4 rings (SSSR count). The van der Waals surface area contributed by atoms with E-state index in [9.17, 15) is 14.4 Å². The number of rotatable bonds is 4. The summed E-state index contributed by atoms with van der Waals surface area (Å²) >= 11 is 0. The van der Waals surface area contributed by atoms with Crippen molar-refractivity contribution in [3.63, 3.8) is 0 Å². The normalized spacial score (nSPS) is 39.8. The van der Waals surface area contributed by atoms with Gasteiger partial charge in [0.05, 0.1) is 6.17 Å². The van der Waals surface area contributed by atoms with Gasteiger partial charge in [0, 0.05) is 49.0 Å². The smallest absolute Gasteiger partial charge is 0.226 e. The molecule has 8 heteroatoms. The summed E-state index contributed by atoms with van der Waals surface area (Å²) in [6.07, 6.45) is 6.12. The number of nitrogens with one attached hydrogen (secondary N) is 4. The van der Waals surface area contributed by atoms with Crippen LogP contribution < -0.4 is 21.3 Å². The first kappa shape index (κ1) is 27.4. The second kappa shape index (κ2) is 11.0. The minimum atomic E-state index is -0.457. The minimum Gasteiger partial charge on any atom is -0.353 e. The molecule has 0 radical (unpaired) electrons. The highest BCUT2D eigenvalue weighted by atomic mass is 16.2. The van der Waals surface area contributed by atoms with Crippen LogP contribution in [-0.4, -0.2) is 67.0 Å². The first-order chi connectivity index (χ1) is 16.9. The highest BCUT2D eigenvalue weighted by molar-refractivity contribution is 5.82. The first-order valence-corrected chi connectivity index (χ1v) is 14.3. The Morgan fingerprint density at radius 3 is 2.44 bits per heavy atom. The first-order valence-electron chi connectivity index (χ1n) is 14.3. The summed E-state index contributed by atoms with van der Waals surface area (Å²) < 4.78 is 0. The zero-order chi connectivity index (χ0) is 26.2. The van der Waals surface area contributed by atoms with E-state index in [0.29, 0.717) is 42.2 Å². The molecule has 0 bridgehead atoms. The van der Waals surface area contributed by atoms with Crippen LogP contribution in [-0.2, 0) is 14.4 Å². The molecular weight excluding hydrogens is 454 g/mol. The lowest BCUT2D eigenvalue weighted by Crippen LogP contribution is -2.60. The zero-order valence-electron chi connectivity index (χ0n) is 23.2. The molecule has 4 N–H and O–H groups in total. The number of piperidine rings is 3. The van der Waals surface area contributed by atoms with Gasteiger partial charge in [-0.1, -0.05) is 27.7 Å². The van der Waals surface area contributed by atoms with Gasteiger partial charge in [-0.15, -0.1) is 0 Å². The maximum absolute atomic E-state index is 13.5. The molecule has 0 aromatic heterocycles. The fourth-order valence-corrected chi connectivity index (χ4v) is 7.06. The van der Waals surface area contributed by atoms with Crippen LogP contribution in [0, 0.1) is 35.0 Å². The molecule has 3 heterocycles. The van der Waals surface area contributed by atoms with Crippen LogP contribution in [0.3, 0.4) is 0 Å². The molecule has 1 saturated carbocycles. The second-order valence-corrected chi connectivity index (χ2v) is 13.3. The summed E-state index contributed by atoms with van der Waals surface area (Å²) in [4.78, 5) is 41.2. The lowest BCUT2D eigenvalue weighted by molar-refractivity contribution is -0.148. The number of carbonyl (C=O) groups is 3. The van der Waals surface area contributed by atoms with Gasteiger partial charge in [-0.25, -0.2) is 0 Å². The minimum absolute atomic E-state index is 0.00264. The van der Waals surface area contributed by atoms with Crippen molar-refractivity contribution in [2.24, 2.45) is 35.0 Å². The van der Waals surface area contributed by atoms with Crippen LogP contribution in [0.25, 0.3) is 0 Å². The van der Waals surface area contributed by atoms with Gasteiger partial charge in [0.15, 0.2) is 0 Å². The number of hydrogen-bond acceptors (Lipinski definition) is 5. The van der Waals surface area contributed by atoms with Crippen LogP contribution >= 0.6 is 0 Å². The molecule has 4 fully saturated rings. The number of likely N-dealkylation sites (tertiary alicyclic amines) is 1. The predicted octanol–water partition coefficient (Wildman–Crippen LogP) is 2.24. The van der Waals surface area contributed by atoms with E-state index < -0.39 is 5.41 Å². The monoisotopic (exact) mass is 503 g/mol. The van der Waals surface area contributed by atoms with Gasteiger partial charge >= 0.3 is 0 Å². The van der Waals surface area contributed by atoms with Gasteiger partial charge in [-0.05, 0) is 76.2 Å². The van der Waals surface area contributed by atoms with E-state index in [0.717, 1.165) is 51.6 Å². The Bertz CT molecular complexity index is 826. The van der Waals surface area contributed by atoms with Gasteiger partial charge in [0.25, 0.3) is 0 Å². The molecule has 36 heavy (non-hydrogen) atoms. The number of amides is 3. The molecule has 9 atom stereocenters. The Morgan fingerprint density at radius 2 is 1.72 bits per heavy atom. The summed E-state index contributed by atoms with van der Waals surface area (Å²) in [5, 5.41) is 13.4. The Morgan fingerprint density at radius 1 is 0.972 bits per heavy atom. The van der Waals surface area contributed by atoms with Crippen molar-refractivity contribution in [3.8, 4) is 0 Å². The van der Waals surface area contributed by atoms with Crippen molar-refractivity contribution in [1.29, 1.82) is 0 Å². The van der Waals surface area contributed by atoms with Crippen LogP contribution in [0.4, 0.5) is 0 Å². The topological polar surface area (TPSA) is 103 Å². The van der Waals surface area contributed by atoms with E-state index in [-0.39, 0.29) is 35.9 Å². The molecule has 3 saturated heterocycles. The van der Waals surface area contributed by atoms with Crippen LogP contribution in [0.2, 0.25) is 0 Å². The Balaban J connectivity index is 1.34. The fraction of sp³-hybridized carbons (Fsp3) is 0.893. The zero-order valence-corrected chi connectivity index (χ0v) is 23.2. The molecule has 8 nitrogen and oxygen atoms in total. The summed E-state index contributed by atoms with van der Waals surface area (Å²) in [6, 6.07) is 0.935. The van der Waals surface area contributed by atoms with Crippen molar-refractivity contribution in [1.82, 2.24) is 26.2 Å². The molecule has 3 amide bonds.